The van der Waals surface area contributed by atoms with E-state index < -0.39 is 35.7 Å². The maximum Gasteiger partial charge on any atom is 0.342 e. The van der Waals surface area contributed by atoms with Gasteiger partial charge in [0.2, 0.25) is 0 Å². The largest absolute Gasteiger partial charge is 0.386 e. The molecule has 2 aliphatic heterocycles. The minimum atomic E-state index is -0.736. The third kappa shape index (κ3) is 1.18. The Hall–Kier alpha value is -2.76. The molecule has 0 radical (unpaired) electrons. The van der Waals surface area contributed by atoms with E-state index in [4.69, 9.17) is 0 Å². The topological polar surface area (TPSA) is 86.7 Å². The van der Waals surface area contributed by atoms with Gasteiger partial charge in [0.25, 0.3) is 0 Å². The molecular formula is C14H6O6. The Bertz CT molecular complexity index is 622. The Morgan fingerprint density at radius 1 is 0.550 bits per heavy atom. The second-order valence-electron chi connectivity index (χ2n) is 4.80. The molecule has 98 valence electrons. The molecule has 0 amide bonds. The van der Waals surface area contributed by atoms with Gasteiger partial charge in [0.15, 0.2) is 0 Å². The summed E-state index contributed by atoms with van der Waals surface area (Å²) in [6.07, 6.45) is 5.77. The number of rotatable bonds is 0. The number of esters is 4. The zero-order chi connectivity index (χ0) is 14.0. The fourth-order valence-electron chi connectivity index (χ4n) is 3.01. The van der Waals surface area contributed by atoms with Crippen LogP contribution >= 0.6 is 0 Å². The SMILES string of the molecule is O=C1OC(=O)C2=CC=C3C(=O)OC(=O)C4=CC=C1C2C43. The first kappa shape index (κ1) is 11.1. The fourth-order valence-corrected chi connectivity index (χ4v) is 3.01. The molecule has 0 aromatic carbocycles. The monoisotopic (exact) mass is 270 g/mol. The minimum Gasteiger partial charge on any atom is -0.386 e. The zero-order valence-corrected chi connectivity index (χ0v) is 9.91. The number of carbonyl (C=O) groups is 4. The normalized spacial score (nSPS) is 30.4. The van der Waals surface area contributed by atoms with Gasteiger partial charge < -0.3 is 9.47 Å². The van der Waals surface area contributed by atoms with Crippen molar-refractivity contribution >= 4 is 23.9 Å². The number of hydrogen-bond donors (Lipinski definition) is 0. The molecule has 0 saturated carbocycles. The van der Waals surface area contributed by atoms with Gasteiger partial charge in [-0.2, -0.15) is 0 Å². The van der Waals surface area contributed by atoms with Crippen LogP contribution in [0.15, 0.2) is 46.6 Å². The van der Waals surface area contributed by atoms with Crippen molar-refractivity contribution < 1.29 is 28.7 Å². The maximum atomic E-state index is 11.8. The molecule has 0 atom stereocenters. The van der Waals surface area contributed by atoms with Crippen molar-refractivity contribution in [3.63, 3.8) is 0 Å². The minimum absolute atomic E-state index is 0.276. The first-order valence-electron chi connectivity index (χ1n) is 5.94. The Morgan fingerprint density at radius 3 is 1.05 bits per heavy atom. The van der Waals surface area contributed by atoms with Gasteiger partial charge in [-0.15, -0.1) is 0 Å². The van der Waals surface area contributed by atoms with E-state index in [0.29, 0.717) is 0 Å². The summed E-state index contributed by atoms with van der Waals surface area (Å²) in [5, 5.41) is 0. The van der Waals surface area contributed by atoms with Crippen molar-refractivity contribution in [1.29, 1.82) is 0 Å². The van der Waals surface area contributed by atoms with Gasteiger partial charge >= 0.3 is 23.9 Å². The molecule has 4 aliphatic rings. The standard InChI is InChI=1S/C14H6O6/c15-11-5-1-2-6-10-8(14(18)20-12(6)16)4-3-7(9(5)10)13(17)19-11/h1-4,9-10H. The van der Waals surface area contributed by atoms with E-state index in [9.17, 15) is 19.2 Å². The van der Waals surface area contributed by atoms with Crippen LogP contribution in [0.2, 0.25) is 0 Å². The zero-order valence-electron chi connectivity index (χ0n) is 9.91. The van der Waals surface area contributed by atoms with E-state index in [2.05, 4.69) is 9.47 Å². The Morgan fingerprint density at radius 2 is 0.800 bits per heavy atom. The molecule has 6 heteroatoms. The summed E-state index contributed by atoms with van der Waals surface area (Å²) >= 11 is 0. The van der Waals surface area contributed by atoms with Gasteiger partial charge in [0.1, 0.15) is 0 Å². The van der Waals surface area contributed by atoms with Crippen LogP contribution in [0.5, 0.6) is 0 Å². The highest BCUT2D eigenvalue weighted by molar-refractivity contribution is 6.14. The van der Waals surface area contributed by atoms with Gasteiger partial charge in [-0.25, -0.2) is 19.2 Å². The van der Waals surface area contributed by atoms with Crippen LogP contribution in [0, 0.1) is 11.8 Å². The second-order valence-corrected chi connectivity index (χ2v) is 4.80. The Labute approximate surface area is 112 Å². The van der Waals surface area contributed by atoms with Crippen molar-refractivity contribution in [2.75, 3.05) is 0 Å². The summed E-state index contributed by atoms with van der Waals surface area (Å²) in [5.41, 5.74) is 1.10. The van der Waals surface area contributed by atoms with Crippen molar-refractivity contribution in [3.05, 3.63) is 46.6 Å². The third-order valence-corrected chi connectivity index (χ3v) is 3.87. The molecule has 2 heterocycles. The lowest BCUT2D eigenvalue weighted by Gasteiger charge is -2.39. The van der Waals surface area contributed by atoms with Crippen LogP contribution in [0.4, 0.5) is 0 Å². The molecule has 0 bridgehead atoms. The van der Waals surface area contributed by atoms with Gasteiger partial charge in [-0.05, 0) is 0 Å². The molecule has 20 heavy (non-hydrogen) atoms. The van der Waals surface area contributed by atoms with Crippen molar-refractivity contribution in [2.24, 2.45) is 11.8 Å². The van der Waals surface area contributed by atoms with E-state index >= 15 is 0 Å². The van der Waals surface area contributed by atoms with E-state index in [1.807, 2.05) is 0 Å². The van der Waals surface area contributed by atoms with E-state index in [0.717, 1.165) is 0 Å². The molecule has 0 unspecified atom stereocenters. The number of carbonyl (C=O) groups excluding carboxylic acids is 4. The average molecular weight is 270 g/mol. The molecule has 0 aromatic heterocycles. The summed E-state index contributed by atoms with van der Waals surface area (Å²) in [7, 11) is 0. The number of cyclic esters (lactones) is 4. The number of allylic oxidation sites excluding steroid dienone is 4. The molecule has 2 aliphatic carbocycles. The summed E-state index contributed by atoms with van der Waals surface area (Å²) < 4.78 is 9.29. The van der Waals surface area contributed by atoms with Crippen molar-refractivity contribution in [2.45, 2.75) is 0 Å². The first-order valence-corrected chi connectivity index (χ1v) is 5.94. The summed E-state index contributed by atoms with van der Waals surface area (Å²) in [6.45, 7) is 0. The molecular weight excluding hydrogens is 264 g/mol. The maximum absolute atomic E-state index is 11.8. The van der Waals surface area contributed by atoms with Gasteiger partial charge in [-0.3, -0.25) is 0 Å². The number of ether oxygens (including phenoxy) is 2. The summed E-state index contributed by atoms with van der Waals surface area (Å²) in [6, 6.07) is 0. The van der Waals surface area contributed by atoms with Crippen LogP contribution in [0.3, 0.4) is 0 Å². The Balaban J connectivity index is 2.00. The molecule has 2 saturated heterocycles. The average Bonchev–Trinajstić information content (AvgIpc) is 2.42. The molecule has 0 aromatic rings. The van der Waals surface area contributed by atoms with Crippen LogP contribution in [-0.2, 0) is 28.7 Å². The molecule has 4 rings (SSSR count). The predicted molar refractivity (Wildman–Crippen MR) is 61.5 cm³/mol. The van der Waals surface area contributed by atoms with Crippen molar-refractivity contribution in [1.82, 2.24) is 0 Å². The summed E-state index contributed by atoms with van der Waals surface area (Å²) in [5.74, 6) is -4.22. The highest BCUT2D eigenvalue weighted by atomic mass is 16.6. The van der Waals surface area contributed by atoms with Gasteiger partial charge in [-0.1, -0.05) is 24.3 Å². The lowest BCUT2D eigenvalue weighted by atomic mass is 9.66. The lowest BCUT2D eigenvalue weighted by molar-refractivity contribution is -0.161. The predicted octanol–water partition coefficient (Wildman–Crippen LogP) is 0.118. The van der Waals surface area contributed by atoms with E-state index in [-0.39, 0.29) is 22.3 Å². The molecule has 0 N–H and O–H groups in total. The smallest absolute Gasteiger partial charge is 0.342 e. The van der Waals surface area contributed by atoms with Crippen LogP contribution in [-0.4, -0.2) is 23.9 Å². The molecule has 2 fully saturated rings. The van der Waals surface area contributed by atoms with Crippen LogP contribution in [0.25, 0.3) is 0 Å². The second kappa shape index (κ2) is 3.41. The van der Waals surface area contributed by atoms with Crippen LogP contribution in [0.1, 0.15) is 0 Å². The van der Waals surface area contributed by atoms with Gasteiger partial charge in [0, 0.05) is 34.1 Å². The quantitative estimate of drug-likeness (QED) is 0.459. The van der Waals surface area contributed by atoms with E-state index in [1.165, 1.54) is 24.3 Å². The molecule has 0 spiro atoms. The highest BCUT2D eigenvalue weighted by Crippen LogP contribution is 2.48. The van der Waals surface area contributed by atoms with Crippen LogP contribution < -0.4 is 0 Å². The van der Waals surface area contributed by atoms with Crippen molar-refractivity contribution in [3.8, 4) is 0 Å². The summed E-state index contributed by atoms with van der Waals surface area (Å²) in [4.78, 5) is 47.1. The fraction of sp³-hybridized carbons (Fsp3) is 0.143. The first-order chi connectivity index (χ1) is 9.58. The third-order valence-electron chi connectivity index (χ3n) is 3.87. The number of hydrogen-bond acceptors (Lipinski definition) is 6. The molecule has 6 nitrogen and oxygen atoms in total. The van der Waals surface area contributed by atoms with Gasteiger partial charge in [0.05, 0.1) is 0 Å². The Kier molecular flexibility index (Phi) is 1.89. The van der Waals surface area contributed by atoms with E-state index in [1.54, 1.807) is 0 Å². The lowest BCUT2D eigenvalue weighted by Crippen LogP contribution is -2.44. The highest BCUT2D eigenvalue weighted by Gasteiger charge is 2.52.